The van der Waals surface area contributed by atoms with E-state index in [1.54, 1.807) is 6.20 Å². The molecule has 3 aromatic rings. The zero-order valence-electron chi connectivity index (χ0n) is 16.9. The van der Waals surface area contributed by atoms with Crippen LogP contribution in [0.15, 0.2) is 30.5 Å². The van der Waals surface area contributed by atoms with E-state index in [2.05, 4.69) is 20.7 Å². The molecule has 6 N–H and O–H groups in total. The minimum absolute atomic E-state index is 0.0223. The van der Waals surface area contributed by atoms with Crippen LogP contribution in [0.1, 0.15) is 43.0 Å². The van der Waals surface area contributed by atoms with Gasteiger partial charge in [-0.05, 0) is 38.0 Å². The molecule has 30 heavy (non-hydrogen) atoms. The normalized spacial score (nSPS) is 19.0. The highest BCUT2D eigenvalue weighted by atomic mass is 19.1. The van der Waals surface area contributed by atoms with Gasteiger partial charge in [-0.25, -0.2) is 9.37 Å². The van der Waals surface area contributed by atoms with E-state index in [1.165, 1.54) is 0 Å². The first-order chi connectivity index (χ1) is 14.5. The summed E-state index contributed by atoms with van der Waals surface area (Å²) < 4.78 is 16.6. The van der Waals surface area contributed by atoms with Crippen molar-refractivity contribution >= 4 is 34.1 Å². The molecule has 0 aliphatic heterocycles. The van der Waals surface area contributed by atoms with Crippen molar-refractivity contribution in [1.29, 1.82) is 0 Å². The third-order valence-corrected chi connectivity index (χ3v) is 5.62. The molecule has 2 unspecified atom stereocenters. The van der Waals surface area contributed by atoms with Gasteiger partial charge in [0.25, 0.3) is 5.91 Å². The number of carbonyl (C=O) groups is 1. The maximum Gasteiger partial charge on any atom is 0.252 e. The monoisotopic (exact) mass is 411 g/mol. The van der Waals surface area contributed by atoms with Gasteiger partial charge in [0.05, 0.1) is 23.0 Å². The van der Waals surface area contributed by atoms with Crippen molar-refractivity contribution in [1.82, 2.24) is 14.8 Å². The Morgan fingerprint density at radius 1 is 1.30 bits per heavy atom. The minimum atomic E-state index is -0.763. The van der Waals surface area contributed by atoms with Crippen molar-refractivity contribution in [3.8, 4) is 0 Å². The molecule has 4 rings (SSSR count). The average molecular weight is 411 g/mol. The Bertz CT molecular complexity index is 1080. The van der Waals surface area contributed by atoms with E-state index in [9.17, 15) is 9.18 Å². The van der Waals surface area contributed by atoms with Crippen LogP contribution in [-0.2, 0) is 6.54 Å². The smallest absolute Gasteiger partial charge is 0.252 e. The van der Waals surface area contributed by atoms with Gasteiger partial charge in [-0.3, -0.25) is 9.48 Å². The number of carbonyl (C=O) groups excluding carboxylic acids is 1. The number of nitrogens with zero attached hydrogens (tertiary/aromatic N) is 3. The van der Waals surface area contributed by atoms with E-state index in [1.807, 2.05) is 29.8 Å². The average Bonchev–Trinajstić information content (AvgIpc) is 3.16. The summed E-state index contributed by atoms with van der Waals surface area (Å²) in [7, 11) is 0. The highest BCUT2D eigenvalue weighted by Gasteiger charge is 2.24. The Morgan fingerprint density at radius 2 is 2.10 bits per heavy atom. The van der Waals surface area contributed by atoms with Crippen molar-refractivity contribution in [2.24, 2.45) is 11.5 Å². The second kappa shape index (κ2) is 8.27. The van der Waals surface area contributed by atoms with Crippen LogP contribution in [-0.4, -0.2) is 32.8 Å². The number of nitrogens with one attached hydrogen (secondary N) is 2. The summed E-state index contributed by atoms with van der Waals surface area (Å²) in [6, 6.07) is 6.67. The second-order valence-corrected chi connectivity index (χ2v) is 7.60. The molecule has 2 aromatic heterocycles. The first-order valence-electron chi connectivity index (χ1n) is 10.2. The van der Waals surface area contributed by atoms with Crippen LogP contribution in [0.4, 0.5) is 21.7 Å². The maximum atomic E-state index is 14.7. The van der Waals surface area contributed by atoms with Gasteiger partial charge in [0.1, 0.15) is 5.82 Å². The van der Waals surface area contributed by atoms with E-state index in [4.69, 9.17) is 11.5 Å². The van der Waals surface area contributed by atoms with E-state index in [0.717, 1.165) is 49.2 Å². The summed E-state index contributed by atoms with van der Waals surface area (Å²) in [5.41, 5.74) is 13.3. The summed E-state index contributed by atoms with van der Waals surface area (Å²) in [5, 5.41) is 11.5. The van der Waals surface area contributed by atoms with Gasteiger partial charge in [-0.15, -0.1) is 0 Å². The zero-order valence-corrected chi connectivity index (χ0v) is 16.9. The molecule has 2 heterocycles. The van der Waals surface area contributed by atoms with Crippen LogP contribution in [0.3, 0.4) is 0 Å². The predicted molar refractivity (Wildman–Crippen MR) is 115 cm³/mol. The molecule has 0 saturated heterocycles. The van der Waals surface area contributed by atoms with Crippen molar-refractivity contribution < 1.29 is 9.18 Å². The molecule has 0 bridgehead atoms. The standard InChI is InChI=1S/C21H26FN7O/c1-2-29-18-9-5-8-16(13(18)11-25-29)26-20-12(19(24)30)10-14(22)21(28-20)27-17-7-4-3-6-15(17)23/h5,8-11,15,17H,2-4,6-7,23H2,1H3,(H2,24,30)(H2,26,27,28). The molecule has 2 atom stereocenters. The minimum Gasteiger partial charge on any atom is -0.365 e. The number of hydrogen-bond donors (Lipinski definition) is 4. The third kappa shape index (κ3) is 3.80. The van der Waals surface area contributed by atoms with Crippen LogP contribution in [0.2, 0.25) is 0 Å². The lowest BCUT2D eigenvalue weighted by Crippen LogP contribution is -2.43. The van der Waals surface area contributed by atoms with E-state index in [-0.39, 0.29) is 29.3 Å². The lowest BCUT2D eigenvalue weighted by atomic mass is 9.91. The molecule has 9 heteroatoms. The number of halogens is 1. The Balaban J connectivity index is 1.71. The number of nitrogens with two attached hydrogens (primary N) is 2. The van der Waals surface area contributed by atoms with E-state index >= 15 is 0 Å². The van der Waals surface area contributed by atoms with Crippen LogP contribution >= 0.6 is 0 Å². The molecule has 0 spiro atoms. The molecule has 1 aliphatic rings. The molecule has 1 fully saturated rings. The van der Waals surface area contributed by atoms with Gasteiger partial charge in [0.15, 0.2) is 11.6 Å². The lowest BCUT2D eigenvalue weighted by Gasteiger charge is -2.30. The van der Waals surface area contributed by atoms with Gasteiger partial charge in [-0.1, -0.05) is 18.9 Å². The highest BCUT2D eigenvalue weighted by molar-refractivity contribution is 6.00. The molecule has 1 aromatic carbocycles. The summed E-state index contributed by atoms with van der Waals surface area (Å²) in [5.74, 6) is -1.15. The number of anilines is 3. The maximum absolute atomic E-state index is 14.7. The van der Waals surface area contributed by atoms with Crippen LogP contribution in [0.25, 0.3) is 10.9 Å². The quantitative estimate of drug-likeness (QED) is 0.494. The van der Waals surface area contributed by atoms with Crippen molar-refractivity contribution in [3.63, 3.8) is 0 Å². The number of rotatable bonds is 6. The third-order valence-electron chi connectivity index (χ3n) is 5.62. The molecule has 158 valence electrons. The van der Waals surface area contributed by atoms with Crippen LogP contribution < -0.4 is 22.1 Å². The highest BCUT2D eigenvalue weighted by Crippen LogP contribution is 2.30. The molecule has 1 aliphatic carbocycles. The Hall–Kier alpha value is -3.20. The van der Waals surface area contributed by atoms with Gasteiger partial charge < -0.3 is 22.1 Å². The molecule has 1 saturated carbocycles. The number of aryl methyl sites for hydroxylation is 1. The SMILES string of the molecule is CCn1ncc2c(Nc3nc(NC4CCCCC4N)c(F)cc3C(N)=O)cccc21. The number of aromatic nitrogens is 3. The molecular formula is C21H26FN7O. The summed E-state index contributed by atoms with van der Waals surface area (Å²) in [6.45, 7) is 2.73. The number of benzene rings is 1. The van der Waals surface area contributed by atoms with E-state index in [0.29, 0.717) is 5.69 Å². The van der Waals surface area contributed by atoms with Crippen LogP contribution in [0, 0.1) is 5.82 Å². The fourth-order valence-electron chi connectivity index (χ4n) is 3.98. The Morgan fingerprint density at radius 3 is 2.83 bits per heavy atom. The van der Waals surface area contributed by atoms with Gasteiger partial charge in [0, 0.05) is 24.0 Å². The summed E-state index contributed by atoms with van der Waals surface area (Å²) in [6.07, 6.45) is 5.57. The first kappa shape index (κ1) is 20.1. The number of hydrogen-bond acceptors (Lipinski definition) is 6. The number of pyridine rings is 1. The van der Waals surface area contributed by atoms with Crippen molar-refractivity contribution in [2.75, 3.05) is 10.6 Å². The Kier molecular flexibility index (Phi) is 5.54. The molecule has 8 nitrogen and oxygen atoms in total. The fraction of sp³-hybridized carbons (Fsp3) is 0.381. The number of primary amides is 1. The van der Waals surface area contributed by atoms with Gasteiger partial charge >= 0.3 is 0 Å². The Labute approximate surface area is 173 Å². The number of amides is 1. The van der Waals surface area contributed by atoms with Gasteiger partial charge in [0.2, 0.25) is 0 Å². The van der Waals surface area contributed by atoms with Gasteiger partial charge in [-0.2, -0.15) is 5.10 Å². The topological polar surface area (TPSA) is 124 Å². The first-order valence-corrected chi connectivity index (χ1v) is 10.2. The van der Waals surface area contributed by atoms with E-state index < -0.39 is 11.7 Å². The lowest BCUT2D eigenvalue weighted by molar-refractivity contribution is 0.100. The molecular weight excluding hydrogens is 385 g/mol. The molecule has 0 radical (unpaired) electrons. The zero-order chi connectivity index (χ0) is 21.3. The largest absolute Gasteiger partial charge is 0.365 e. The van der Waals surface area contributed by atoms with Crippen molar-refractivity contribution in [3.05, 3.63) is 41.8 Å². The summed E-state index contributed by atoms with van der Waals surface area (Å²) >= 11 is 0. The summed E-state index contributed by atoms with van der Waals surface area (Å²) in [4.78, 5) is 16.3. The van der Waals surface area contributed by atoms with Crippen LogP contribution in [0.5, 0.6) is 0 Å². The second-order valence-electron chi connectivity index (χ2n) is 7.60. The predicted octanol–water partition coefficient (Wildman–Crippen LogP) is 3.11. The number of fused-ring (bicyclic) bond motifs is 1. The molecule has 1 amide bonds. The van der Waals surface area contributed by atoms with Crippen molar-refractivity contribution in [2.45, 2.75) is 51.2 Å². The fourth-order valence-corrected chi connectivity index (χ4v) is 3.98.